The van der Waals surface area contributed by atoms with E-state index in [2.05, 4.69) is 12.1 Å². The number of hydrogen-bond acceptors (Lipinski definition) is 2. The summed E-state index contributed by atoms with van der Waals surface area (Å²) in [6, 6.07) is 10.3. The Labute approximate surface area is 115 Å². The van der Waals surface area contributed by atoms with Crippen molar-refractivity contribution in [3.05, 3.63) is 35.9 Å². The summed E-state index contributed by atoms with van der Waals surface area (Å²) in [4.78, 5) is 14.3. The minimum Gasteiger partial charge on any atom is -0.338 e. The summed E-state index contributed by atoms with van der Waals surface area (Å²) in [5.41, 5.74) is 7.06. The molecule has 0 unspecified atom stereocenters. The molecule has 3 heteroatoms. The molecular weight excluding hydrogens is 236 g/mol. The van der Waals surface area contributed by atoms with Gasteiger partial charge in [0.15, 0.2) is 0 Å². The Morgan fingerprint density at radius 3 is 2.53 bits per heavy atom. The molecule has 0 saturated heterocycles. The molecule has 19 heavy (non-hydrogen) atoms. The lowest BCUT2D eigenvalue weighted by Gasteiger charge is -2.30. The van der Waals surface area contributed by atoms with Gasteiger partial charge >= 0.3 is 0 Å². The molecule has 2 rings (SSSR count). The molecule has 0 aliphatic heterocycles. The first-order valence-corrected chi connectivity index (χ1v) is 7.28. The quantitative estimate of drug-likeness (QED) is 0.883. The number of carbonyl (C=O) groups is 1. The lowest BCUT2D eigenvalue weighted by Crippen LogP contribution is -2.47. The van der Waals surface area contributed by atoms with Crippen molar-refractivity contribution in [2.45, 2.75) is 51.1 Å². The van der Waals surface area contributed by atoms with Crippen LogP contribution in [0.5, 0.6) is 0 Å². The van der Waals surface area contributed by atoms with Crippen LogP contribution in [0.1, 0.15) is 38.2 Å². The zero-order valence-electron chi connectivity index (χ0n) is 11.7. The minimum atomic E-state index is -0.392. The minimum absolute atomic E-state index is 0.0998. The fourth-order valence-electron chi connectivity index (χ4n) is 2.84. The highest BCUT2D eigenvalue weighted by molar-refractivity contribution is 5.81. The van der Waals surface area contributed by atoms with E-state index in [1.54, 1.807) is 6.92 Å². The third kappa shape index (κ3) is 3.80. The fourth-order valence-corrected chi connectivity index (χ4v) is 2.84. The molecule has 0 heterocycles. The molecule has 1 aromatic rings. The molecule has 0 radical (unpaired) electrons. The summed E-state index contributed by atoms with van der Waals surface area (Å²) in [6.07, 6.45) is 5.65. The first kappa shape index (κ1) is 14.1. The summed E-state index contributed by atoms with van der Waals surface area (Å²) in [5, 5.41) is 0. The Morgan fingerprint density at radius 1 is 1.32 bits per heavy atom. The van der Waals surface area contributed by atoms with Gasteiger partial charge in [-0.15, -0.1) is 0 Å². The van der Waals surface area contributed by atoms with Crippen LogP contribution in [-0.4, -0.2) is 29.4 Å². The molecule has 3 nitrogen and oxygen atoms in total. The third-order valence-electron chi connectivity index (χ3n) is 3.92. The van der Waals surface area contributed by atoms with Crippen molar-refractivity contribution in [1.29, 1.82) is 0 Å². The van der Waals surface area contributed by atoms with Gasteiger partial charge in [-0.05, 0) is 31.7 Å². The van der Waals surface area contributed by atoms with E-state index in [0.717, 1.165) is 25.8 Å². The van der Waals surface area contributed by atoms with Crippen molar-refractivity contribution in [1.82, 2.24) is 4.90 Å². The van der Waals surface area contributed by atoms with E-state index in [1.165, 1.54) is 18.4 Å². The van der Waals surface area contributed by atoms with E-state index < -0.39 is 6.04 Å². The Balaban J connectivity index is 1.99. The Kier molecular flexibility index (Phi) is 4.97. The standard InChI is InChI=1S/C16H24N2O/c1-13(17)16(19)18(15-9-5-6-10-15)12-11-14-7-3-2-4-8-14/h2-4,7-8,13,15H,5-6,9-12,17H2,1H3/t13-/m0/s1. The zero-order chi connectivity index (χ0) is 13.7. The molecule has 0 bridgehead atoms. The molecule has 0 spiro atoms. The number of nitrogens with two attached hydrogens (primary N) is 1. The highest BCUT2D eigenvalue weighted by Gasteiger charge is 2.27. The normalized spacial score (nSPS) is 17.4. The average molecular weight is 260 g/mol. The molecule has 1 aromatic carbocycles. The molecule has 104 valence electrons. The summed E-state index contributed by atoms with van der Waals surface area (Å²) >= 11 is 0. The van der Waals surface area contributed by atoms with E-state index in [0.29, 0.717) is 6.04 Å². The van der Waals surface area contributed by atoms with Crippen molar-refractivity contribution in [3.63, 3.8) is 0 Å². The Hall–Kier alpha value is -1.35. The first-order chi connectivity index (χ1) is 9.18. The lowest BCUT2D eigenvalue weighted by atomic mass is 10.1. The van der Waals surface area contributed by atoms with Crippen LogP contribution >= 0.6 is 0 Å². The van der Waals surface area contributed by atoms with Gasteiger partial charge in [-0.25, -0.2) is 0 Å². The van der Waals surface area contributed by atoms with Gasteiger partial charge in [-0.3, -0.25) is 4.79 Å². The molecule has 2 N–H and O–H groups in total. The van der Waals surface area contributed by atoms with Crippen LogP contribution in [-0.2, 0) is 11.2 Å². The van der Waals surface area contributed by atoms with Gasteiger partial charge in [0.05, 0.1) is 6.04 Å². The largest absolute Gasteiger partial charge is 0.338 e. The number of rotatable bonds is 5. The molecule has 1 aliphatic carbocycles. The van der Waals surface area contributed by atoms with Gasteiger partial charge in [0.2, 0.25) is 5.91 Å². The van der Waals surface area contributed by atoms with Crippen LogP contribution in [0.4, 0.5) is 0 Å². The van der Waals surface area contributed by atoms with Gasteiger partial charge < -0.3 is 10.6 Å². The van der Waals surface area contributed by atoms with Gasteiger partial charge in [0.25, 0.3) is 0 Å². The van der Waals surface area contributed by atoms with Crippen LogP contribution in [0.25, 0.3) is 0 Å². The van der Waals surface area contributed by atoms with E-state index >= 15 is 0 Å². The molecule has 1 saturated carbocycles. The maximum Gasteiger partial charge on any atom is 0.239 e. The predicted octanol–water partition coefficient (Wildman–Crippen LogP) is 2.35. The number of amides is 1. The third-order valence-corrected chi connectivity index (χ3v) is 3.92. The predicted molar refractivity (Wildman–Crippen MR) is 77.8 cm³/mol. The number of benzene rings is 1. The summed E-state index contributed by atoms with van der Waals surface area (Å²) in [5.74, 6) is 0.0998. The van der Waals surface area contributed by atoms with Crippen LogP contribution in [0.15, 0.2) is 30.3 Å². The highest BCUT2D eigenvalue weighted by Crippen LogP contribution is 2.24. The lowest BCUT2D eigenvalue weighted by molar-refractivity contribution is -0.134. The number of nitrogens with zero attached hydrogens (tertiary/aromatic N) is 1. The van der Waals surface area contributed by atoms with Crippen molar-refractivity contribution in [2.75, 3.05) is 6.54 Å². The van der Waals surface area contributed by atoms with Crippen molar-refractivity contribution in [3.8, 4) is 0 Å². The second-order valence-electron chi connectivity index (χ2n) is 5.49. The fraction of sp³-hybridized carbons (Fsp3) is 0.562. The average Bonchev–Trinajstić information content (AvgIpc) is 2.94. The molecule has 1 aliphatic rings. The van der Waals surface area contributed by atoms with Crippen LogP contribution in [0.3, 0.4) is 0 Å². The van der Waals surface area contributed by atoms with E-state index in [1.807, 2.05) is 23.1 Å². The Bertz CT molecular complexity index is 396. The second-order valence-corrected chi connectivity index (χ2v) is 5.49. The zero-order valence-corrected chi connectivity index (χ0v) is 11.7. The molecule has 1 atom stereocenters. The highest BCUT2D eigenvalue weighted by atomic mass is 16.2. The van der Waals surface area contributed by atoms with E-state index in [4.69, 9.17) is 5.73 Å². The monoisotopic (exact) mass is 260 g/mol. The second kappa shape index (κ2) is 6.71. The van der Waals surface area contributed by atoms with Crippen LogP contribution in [0, 0.1) is 0 Å². The summed E-state index contributed by atoms with van der Waals surface area (Å²) < 4.78 is 0. The van der Waals surface area contributed by atoms with Gasteiger partial charge in [-0.2, -0.15) is 0 Å². The molecule has 1 fully saturated rings. The maximum atomic E-state index is 12.3. The first-order valence-electron chi connectivity index (χ1n) is 7.28. The SMILES string of the molecule is C[C@H](N)C(=O)N(CCc1ccccc1)C1CCCC1. The van der Waals surface area contributed by atoms with Gasteiger partial charge in [-0.1, -0.05) is 43.2 Å². The van der Waals surface area contributed by atoms with Gasteiger partial charge in [0, 0.05) is 12.6 Å². The maximum absolute atomic E-state index is 12.3. The molecule has 1 amide bonds. The van der Waals surface area contributed by atoms with Crippen LogP contribution < -0.4 is 5.73 Å². The van der Waals surface area contributed by atoms with Gasteiger partial charge in [0.1, 0.15) is 0 Å². The summed E-state index contributed by atoms with van der Waals surface area (Å²) in [7, 11) is 0. The number of carbonyl (C=O) groups excluding carboxylic acids is 1. The molecule has 0 aromatic heterocycles. The van der Waals surface area contributed by atoms with Crippen molar-refractivity contribution >= 4 is 5.91 Å². The topological polar surface area (TPSA) is 46.3 Å². The smallest absolute Gasteiger partial charge is 0.239 e. The van der Waals surface area contributed by atoms with Crippen LogP contribution in [0.2, 0.25) is 0 Å². The van der Waals surface area contributed by atoms with E-state index in [-0.39, 0.29) is 5.91 Å². The number of hydrogen-bond donors (Lipinski definition) is 1. The Morgan fingerprint density at radius 2 is 1.95 bits per heavy atom. The van der Waals surface area contributed by atoms with E-state index in [9.17, 15) is 4.79 Å². The van der Waals surface area contributed by atoms with Crippen molar-refractivity contribution in [2.24, 2.45) is 5.73 Å². The molecular formula is C16H24N2O. The summed E-state index contributed by atoms with van der Waals surface area (Å²) in [6.45, 7) is 2.57. The van der Waals surface area contributed by atoms with Crippen molar-refractivity contribution < 1.29 is 4.79 Å².